The van der Waals surface area contributed by atoms with Crippen LogP contribution >= 0.6 is 15.9 Å². The molecule has 0 aliphatic heterocycles. The molecule has 2 aromatic rings. The molecule has 0 unspecified atom stereocenters. The summed E-state index contributed by atoms with van der Waals surface area (Å²) in [5.41, 5.74) is 2.14. The zero-order valence-electron chi connectivity index (χ0n) is 12.2. The van der Waals surface area contributed by atoms with Crippen molar-refractivity contribution in [2.75, 3.05) is 10.6 Å². The maximum atomic E-state index is 4.62. The number of halogens is 1. The molecule has 1 aromatic heterocycles. The Bertz CT molecular complexity index is 638. The minimum atomic E-state index is 0.318. The van der Waals surface area contributed by atoms with Crippen LogP contribution in [0, 0.1) is 0 Å². The number of anilines is 3. The van der Waals surface area contributed by atoms with Crippen LogP contribution in [0.15, 0.2) is 34.8 Å². The molecular formula is C16H19BrN4. The van der Waals surface area contributed by atoms with Crippen molar-refractivity contribution in [1.82, 2.24) is 9.97 Å². The van der Waals surface area contributed by atoms with Gasteiger partial charge in [-0.15, -0.1) is 0 Å². The van der Waals surface area contributed by atoms with Gasteiger partial charge in [0, 0.05) is 28.2 Å². The highest BCUT2D eigenvalue weighted by molar-refractivity contribution is 9.10. The lowest BCUT2D eigenvalue weighted by molar-refractivity contribution is 0.864. The molecule has 0 radical (unpaired) electrons. The molecule has 2 N–H and O–H groups in total. The average molecular weight is 347 g/mol. The first-order chi connectivity index (χ1) is 10.1. The van der Waals surface area contributed by atoms with E-state index in [9.17, 15) is 0 Å². The Hall–Kier alpha value is -1.62. The van der Waals surface area contributed by atoms with Crippen LogP contribution < -0.4 is 10.6 Å². The van der Waals surface area contributed by atoms with E-state index < -0.39 is 0 Å². The second kappa shape index (κ2) is 6.02. The van der Waals surface area contributed by atoms with E-state index in [2.05, 4.69) is 56.4 Å². The maximum Gasteiger partial charge on any atom is 0.225 e. The van der Waals surface area contributed by atoms with Crippen molar-refractivity contribution < 1.29 is 0 Å². The van der Waals surface area contributed by atoms with Gasteiger partial charge in [0.05, 0.1) is 5.69 Å². The molecule has 0 amide bonds. The fourth-order valence-electron chi connectivity index (χ4n) is 2.16. The van der Waals surface area contributed by atoms with Crippen molar-refractivity contribution in [3.8, 4) is 0 Å². The van der Waals surface area contributed by atoms with Crippen molar-refractivity contribution in [2.24, 2.45) is 0 Å². The lowest BCUT2D eigenvalue weighted by atomic mass is 10.2. The number of hydrogen-bond acceptors (Lipinski definition) is 4. The molecule has 1 saturated carbocycles. The van der Waals surface area contributed by atoms with Gasteiger partial charge in [0.2, 0.25) is 5.95 Å². The van der Waals surface area contributed by atoms with E-state index in [1.165, 1.54) is 12.8 Å². The number of benzene rings is 1. The first-order valence-electron chi connectivity index (χ1n) is 7.28. The minimum Gasteiger partial charge on any atom is -0.352 e. The van der Waals surface area contributed by atoms with Gasteiger partial charge in [0.25, 0.3) is 0 Å². The number of nitrogens with one attached hydrogen (secondary N) is 2. The molecule has 0 atom stereocenters. The van der Waals surface area contributed by atoms with Gasteiger partial charge >= 0.3 is 0 Å². The Morgan fingerprint density at radius 3 is 2.67 bits per heavy atom. The van der Waals surface area contributed by atoms with Crippen LogP contribution in [0.1, 0.15) is 38.3 Å². The van der Waals surface area contributed by atoms with Gasteiger partial charge in [0.15, 0.2) is 0 Å². The zero-order valence-corrected chi connectivity index (χ0v) is 13.8. The highest BCUT2D eigenvalue weighted by atomic mass is 79.9. The van der Waals surface area contributed by atoms with Gasteiger partial charge in [-0.3, -0.25) is 0 Å². The molecule has 1 fully saturated rings. The Kier molecular flexibility index (Phi) is 4.10. The molecule has 4 nitrogen and oxygen atoms in total. The molecular weight excluding hydrogens is 328 g/mol. The fraction of sp³-hybridized carbons (Fsp3) is 0.375. The highest BCUT2D eigenvalue weighted by Crippen LogP contribution is 2.40. The van der Waals surface area contributed by atoms with Crippen molar-refractivity contribution in [3.63, 3.8) is 0 Å². The third kappa shape index (κ3) is 3.94. The Balaban J connectivity index is 1.87. The van der Waals surface area contributed by atoms with E-state index in [1.807, 2.05) is 24.3 Å². The second-order valence-corrected chi connectivity index (χ2v) is 6.63. The summed E-state index contributed by atoms with van der Waals surface area (Å²) in [6, 6.07) is 10.4. The van der Waals surface area contributed by atoms with E-state index in [-0.39, 0.29) is 0 Å². The first kappa shape index (κ1) is 14.3. The largest absolute Gasteiger partial charge is 0.352 e. The van der Waals surface area contributed by atoms with Crippen LogP contribution in [0.5, 0.6) is 0 Å². The lowest BCUT2D eigenvalue weighted by Crippen LogP contribution is -2.14. The molecule has 5 heteroatoms. The minimum absolute atomic E-state index is 0.318. The molecule has 1 aliphatic carbocycles. The standard InChI is InChI=1S/C16H19BrN4/c1-10(2)18-16-20-14(11-6-7-11)9-15(21-16)19-13-5-3-4-12(17)8-13/h3-5,8-11H,6-7H2,1-2H3,(H2,18,19,20,21). The average Bonchev–Trinajstić information content (AvgIpc) is 3.21. The quantitative estimate of drug-likeness (QED) is 0.825. The molecule has 21 heavy (non-hydrogen) atoms. The van der Waals surface area contributed by atoms with Crippen LogP contribution in [0.25, 0.3) is 0 Å². The predicted octanol–water partition coefficient (Wildman–Crippen LogP) is 4.68. The van der Waals surface area contributed by atoms with Crippen LogP contribution in [0.2, 0.25) is 0 Å². The molecule has 1 heterocycles. The smallest absolute Gasteiger partial charge is 0.225 e. The van der Waals surface area contributed by atoms with Crippen molar-refractivity contribution in [3.05, 3.63) is 40.5 Å². The summed E-state index contributed by atoms with van der Waals surface area (Å²) in [4.78, 5) is 9.18. The number of nitrogens with zero attached hydrogens (tertiary/aromatic N) is 2. The summed E-state index contributed by atoms with van der Waals surface area (Å²) in [5, 5.41) is 6.65. The summed E-state index contributed by atoms with van der Waals surface area (Å²) in [6.07, 6.45) is 2.46. The summed E-state index contributed by atoms with van der Waals surface area (Å²) < 4.78 is 1.05. The van der Waals surface area contributed by atoms with E-state index in [4.69, 9.17) is 0 Å². The maximum absolute atomic E-state index is 4.62. The summed E-state index contributed by atoms with van der Waals surface area (Å²) in [6.45, 7) is 4.18. The predicted molar refractivity (Wildman–Crippen MR) is 90.2 cm³/mol. The second-order valence-electron chi connectivity index (χ2n) is 5.71. The van der Waals surface area contributed by atoms with Gasteiger partial charge in [-0.05, 0) is 44.9 Å². The Morgan fingerprint density at radius 1 is 1.19 bits per heavy atom. The van der Waals surface area contributed by atoms with Crippen molar-refractivity contribution >= 4 is 33.4 Å². The van der Waals surface area contributed by atoms with Gasteiger partial charge in [-0.25, -0.2) is 4.98 Å². The molecule has 110 valence electrons. The van der Waals surface area contributed by atoms with E-state index in [0.29, 0.717) is 17.9 Å². The highest BCUT2D eigenvalue weighted by Gasteiger charge is 2.26. The van der Waals surface area contributed by atoms with Crippen molar-refractivity contribution in [2.45, 2.75) is 38.6 Å². The zero-order chi connectivity index (χ0) is 14.8. The van der Waals surface area contributed by atoms with Crippen LogP contribution in [0.3, 0.4) is 0 Å². The van der Waals surface area contributed by atoms with E-state index in [1.54, 1.807) is 0 Å². The summed E-state index contributed by atoms with van der Waals surface area (Å²) in [7, 11) is 0. The van der Waals surface area contributed by atoms with Crippen molar-refractivity contribution in [1.29, 1.82) is 0 Å². The summed E-state index contributed by atoms with van der Waals surface area (Å²) >= 11 is 3.49. The van der Waals surface area contributed by atoms with Crippen LogP contribution in [-0.4, -0.2) is 16.0 Å². The van der Waals surface area contributed by atoms with E-state index in [0.717, 1.165) is 21.7 Å². The molecule has 1 aliphatic rings. The fourth-order valence-corrected chi connectivity index (χ4v) is 2.55. The Morgan fingerprint density at radius 2 is 2.00 bits per heavy atom. The van der Waals surface area contributed by atoms with Gasteiger partial charge in [-0.1, -0.05) is 22.0 Å². The number of rotatable bonds is 5. The molecule has 3 rings (SSSR count). The number of aromatic nitrogens is 2. The normalized spacial score (nSPS) is 14.3. The van der Waals surface area contributed by atoms with Gasteiger partial charge < -0.3 is 10.6 Å². The third-order valence-electron chi connectivity index (χ3n) is 3.26. The van der Waals surface area contributed by atoms with Gasteiger partial charge in [0.1, 0.15) is 5.82 Å². The van der Waals surface area contributed by atoms with Crippen LogP contribution in [0.4, 0.5) is 17.5 Å². The molecule has 0 bridgehead atoms. The molecule has 0 spiro atoms. The monoisotopic (exact) mass is 346 g/mol. The molecule has 0 saturated heterocycles. The Labute approximate surface area is 133 Å². The SMILES string of the molecule is CC(C)Nc1nc(Nc2cccc(Br)c2)cc(C2CC2)n1. The lowest BCUT2D eigenvalue weighted by Gasteiger charge is -2.13. The summed E-state index contributed by atoms with van der Waals surface area (Å²) in [5.74, 6) is 2.14. The third-order valence-corrected chi connectivity index (χ3v) is 3.75. The topological polar surface area (TPSA) is 49.8 Å². The number of hydrogen-bond donors (Lipinski definition) is 2. The van der Waals surface area contributed by atoms with E-state index >= 15 is 0 Å². The van der Waals surface area contributed by atoms with Crippen LogP contribution in [-0.2, 0) is 0 Å². The first-order valence-corrected chi connectivity index (χ1v) is 8.07. The van der Waals surface area contributed by atoms with Gasteiger partial charge in [-0.2, -0.15) is 4.98 Å². The molecule has 1 aromatic carbocycles.